The highest BCUT2D eigenvalue weighted by molar-refractivity contribution is 4.79. The Labute approximate surface area is 82.0 Å². The van der Waals surface area contributed by atoms with Crippen molar-refractivity contribution in [2.75, 3.05) is 26.3 Å². The Morgan fingerprint density at radius 2 is 2.00 bits per heavy atom. The van der Waals surface area contributed by atoms with Crippen LogP contribution in [0.4, 0.5) is 0 Å². The third kappa shape index (κ3) is 4.10. The molecule has 0 saturated carbocycles. The van der Waals surface area contributed by atoms with Gasteiger partial charge in [-0.3, -0.25) is 0 Å². The van der Waals surface area contributed by atoms with E-state index < -0.39 is 0 Å². The largest absolute Gasteiger partial charge is 0.381 e. The van der Waals surface area contributed by atoms with Crippen LogP contribution in [0.5, 0.6) is 0 Å². The summed E-state index contributed by atoms with van der Waals surface area (Å²) in [6.45, 7) is 8.84. The first-order valence-electron chi connectivity index (χ1n) is 5.55. The van der Waals surface area contributed by atoms with Gasteiger partial charge in [-0.25, -0.2) is 0 Å². The zero-order chi connectivity index (χ0) is 9.57. The molecular weight excluding hydrogens is 162 g/mol. The molecule has 1 aliphatic rings. The van der Waals surface area contributed by atoms with Crippen molar-refractivity contribution in [3.05, 3.63) is 0 Å². The molecule has 13 heavy (non-hydrogen) atoms. The van der Waals surface area contributed by atoms with E-state index >= 15 is 0 Å². The van der Waals surface area contributed by atoms with Crippen molar-refractivity contribution in [2.24, 2.45) is 5.41 Å². The average molecular weight is 185 g/mol. The van der Waals surface area contributed by atoms with Crippen LogP contribution in [-0.4, -0.2) is 26.3 Å². The number of hydrogen-bond donors (Lipinski definition) is 1. The van der Waals surface area contributed by atoms with Crippen LogP contribution in [0.2, 0.25) is 0 Å². The molecule has 0 amide bonds. The minimum absolute atomic E-state index is 0.492. The molecule has 1 heterocycles. The molecule has 1 rings (SSSR count). The first-order valence-corrected chi connectivity index (χ1v) is 5.55. The molecule has 0 aromatic heterocycles. The van der Waals surface area contributed by atoms with Crippen molar-refractivity contribution in [1.29, 1.82) is 0 Å². The predicted octanol–water partition coefficient (Wildman–Crippen LogP) is 2.19. The Kier molecular flexibility index (Phi) is 4.74. The Morgan fingerprint density at radius 3 is 2.62 bits per heavy atom. The van der Waals surface area contributed by atoms with Crippen molar-refractivity contribution in [3.63, 3.8) is 0 Å². The highest BCUT2D eigenvalue weighted by Crippen LogP contribution is 2.28. The standard InChI is InChI=1S/C11H23NO/c1-3-4-7-12-10-11(2)5-8-13-9-6-11/h12H,3-10H2,1-2H3. The molecule has 0 bridgehead atoms. The van der Waals surface area contributed by atoms with Crippen LogP contribution in [0, 0.1) is 5.41 Å². The molecule has 1 saturated heterocycles. The third-order valence-corrected chi connectivity index (χ3v) is 2.96. The summed E-state index contributed by atoms with van der Waals surface area (Å²) in [5.41, 5.74) is 0.492. The molecule has 0 unspecified atom stereocenters. The van der Waals surface area contributed by atoms with Gasteiger partial charge in [0.05, 0.1) is 0 Å². The third-order valence-electron chi connectivity index (χ3n) is 2.96. The van der Waals surface area contributed by atoms with Gasteiger partial charge in [-0.2, -0.15) is 0 Å². The number of ether oxygens (including phenoxy) is 1. The van der Waals surface area contributed by atoms with Crippen LogP contribution in [0.3, 0.4) is 0 Å². The fourth-order valence-electron chi connectivity index (χ4n) is 1.73. The molecule has 0 aliphatic carbocycles. The molecule has 1 N–H and O–H groups in total. The molecule has 0 atom stereocenters. The summed E-state index contributed by atoms with van der Waals surface area (Å²) in [4.78, 5) is 0. The quantitative estimate of drug-likeness (QED) is 0.663. The maximum Gasteiger partial charge on any atom is 0.0471 e. The van der Waals surface area contributed by atoms with Gasteiger partial charge in [0.1, 0.15) is 0 Å². The van der Waals surface area contributed by atoms with Crippen molar-refractivity contribution in [1.82, 2.24) is 5.32 Å². The van der Waals surface area contributed by atoms with Crippen LogP contribution in [0.15, 0.2) is 0 Å². The first kappa shape index (κ1) is 11.0. The van der Waals surface area contributed by atoms with Crippen molar-refractivity contribution < 1.29 is 4.74 Å². The zero-order valence-electron chi connectivity index (χ0n) is 9.07. The maximum atomic E-state index is 5.36. The van der Waals surface area contributed by atoms with Gasteiger partial charge in [0.2, 0.25) is 0 Å². The van der Waals surface area contributed by atoms with E-state index in [1.165, 1.54) is 32.2 Å². The van der Waals surface area contributed by atoms with E-state index in [2.05, 4.69) is 19.2 Å². The van der Waals surface area contributed by atoms with Gasteiger partial charge in [-0.1, -0.05) is 20.3 Å². The highest BCUT2D eigenvalue weighted by atomic mass is 16.5. The van der Waals surface area contributed by atoms with Crippen LogP contribution in [-0.2, 0) is 4.74 Å². The SMILES string of the molecule is CCCCNCC1(C)CCOCC1. The molecular formula is C11H23NO. The molecule has 2 nitrogen and oxygen atoms in total. The lowest BCUT2D eigenvalue weighted by molar-refractivity contribution is 0.0242. The zero-order valence-corrected chi connectivity index (χ0v) is 9.07. The summed E-state index contributed by atoms with van der Waals surface area (Å²) in [6.07, 6.45) is 5.01. The van der Waals surface area contributed by atoms with Gasteiger partial charge in [-0.15, -0.1) is 0 Å². The maximum absolute atomic E-state index is 5.36. The second kappa shape index (κ2) is 5.61. The molecule has 78 valence electrons. The monoisotopic (exact) mass is 185 g/mol. The van der Waals surface area contributed by atoms with Gasteiger partial charge in [0, 0.05) is 19.8 Å². The van der Waals surface area contributed by atoms with Gasteiger partial charge in [0.25, 0.3) is 0 Å². The summed E-state index contributed by atoms with van der Waals surface area (Å²) in [6, 6.07) is 0. The lowest BCUT2D eigenvalue weighted by Crippen LogP contribution is -2.37. The van der Waals surface area contributed by atoms with E-state index in [9.17, 15) is 0 Å². The first-order chi connectivity index (χ1) is 6.27. The van der Waals surface area contributed by atoms with Gasteiger partial charge >= 0.3 is 0 Å². The molecule has 2 heteroatoms. The average Bonchev–Trinajstić information content (AvgIpc) is 2.14. The number of nitrogens with one attached hydrogen (secondary N) is 1. The minimum Gasteiger partial charge on any atom is -0.381 e. The van der Waals surface area contributed by atoms with Gasteiger partial charge in [0.15, 0.2) is 0 Å². The molecule has 1 fully saturated rings. The fourth-order valence-corrected chi connectivity index (χ4v) is 1.73. The summed E-state index contributed by atoms with van der Waals surface area (Å²) in [7, 11) is 0. The Hall–Kier alpha value is -0.0800. The molecule has 0 aromatic carbocycles. The van der Waals surface area contributed by atoms with E-state index in [1.54, 1.807) is 0 Å². The van der Waals surface area contributed by atoms with E-state index in [4.69, 9.17) is 4.74 Å². The normalized spacial score (nSPS) is 21.7. The smallest absolute Gasteiger partial charge is 0.0471 e. The second-order valence-corrected chi connectivity index (χ2v) is 4.45. The minimum atomic E-state index is 0.492. The molecule has 0 radical (unpaired) electrons. The van der Waals surface area contributed by atoms with Crippen molar-refractivity contribution in [3.8, 4) is 0 Å². The topological polar surface area (TPSA) is 21.3 Å². The summed E-state index contributed by atoms with van der Waals surface area (Å²) < 4.78 is 5.36. The van der Waals surface area contributed by atoms with Gasteiger partial charge in [-0.05, 0) is 31.2 Å². The highest BCUT2D eigenvalue weighted by Gasteiger charge is 2.26. The molecule has 0 spiro atoms. The summed E-state index contributed by atoms with van der Waals surface area (Å²) in [5, 5.41) is 3.54. The van der Waals surface area contributed by atoms with E-state index in [1.807, 2.05) is 0 Å². The van der Waals surface area contributed by atoms with E-state index in [0.717, 1.165) is 19.8 Å². The van der Waals surface area contributed by atoms with Gasteiger partial charge < -0.3 is 10.1 Å². The predicted molar refractivity (Wildman–Crippen MR) is 55.9 cm³/mol. The Morgan fingerprint density at radius 1 is 1.31 bits per heavy atom. The Balaban J connectivity index is 2.10. The van der Waals surface area contributed by atoms with Crippen LogP contribution in [0.25, 0.3) is 0 Å². The van der Waals surface area contributed by atoms with Crippen LogP contribution < -0.4 is 5.32 Å². The fraction of sp³-hybridized carbons (Fsp3) is 1.00. The number of hydrogen-bond acceptors (Lipinski definition) is 2. The second-order valence-electron chi connectivity index (χ2n) is 4.45. The van der Waals surface area contributed by atoms with Crippen molar-refractivity contribution >= 4 is 0 Å². The lowest BCUT2D eigenvalue weighted by atomic mass is 9.82. The van der Waals surface area contributed by atoms with E-state index in [-0.39, 0.29) is 0 Å². The lowest BCUT2D eigenvalue weighted by Gasteiger charge is -2.33. The molecule has 1 aliphatic heterocycles. The van der Waals surface area contributed by atoms with Crippen LogP contribution >= 0.6 is 0 Å². The summed E-state index contributed by atoms with van der Waals surface area (Å²) >= 11 is 0. The van der Waals surface area contributed by atoms with E-state index in [0.29, 0.717) is 5.41 Å². The number of unbranched alkanes of at least 4 members (excludes halogenated alkanes) is 1. The van der Waals surface area contributed by atoms with Crippen LogP contribution in [0.1, 0.15) is 39.5 Å². The summed E-state index contributed by atoms with van der Waals surface area (Å²) in [5.74, 6) is 0. The number of rotatable bonds is 5. The van der Waals surface area contributed by atoms with Crippen molar-refractivity contribution in [2.45, 2.75) is 39.5 Å². The molecule has 0 aromatic rings. The Bertz CT molecular complexity index is 130.